The fraction of sp³-hybridized carbons (Fsp3) is 0. The average Bonchev–Trinajstić information content (AvgIpc) is 1.24. The zero-order valence-corrected chi connectivity index (χ0v) is 70.4. The van der Waals surface area contributed by atoms with E-state index in [-0.39, 0.29) is 34.1 Å². The molecule has 24 aromatic rings. The molecule has 19 aromatic carbocycles. The summed E-state index contributed by atoms with van der Waals surface area (Å²) in [6.45, 7) is -2.79. The summed E-state index contributed by atoms with van der Waals surface area (Å²) in [6.07, 6.45) is 0. The van der Waals surface area contributed by atoms with Crippen molar-refractivity contribution in [2.24, 2.45) is 0 Å². The predicted molar refractivity (Wildman–Crippen MR) is 531 cm³/mol. The van der Waals surface area contributed by atoms with E-state index in [1.807, 2.05) is 187 Å². The molecule has 0 fully saturated rings. The van der Waals surface area contributed by atoms with Crippen molar-refractivity contribution in [2.45, 2.75) is 0 Å². The molecule has 0 unspecified atom stereocenters. The van der Waals surface area contributed by atoms with E-state index in [0.29, 0.717) is 77.7 Å². The van der Waals surface area contributed by atoms with Crippen LogP contribution in [-0.2, 0) is 0 Å². The minimum absolute atomic E-state index is 0.167. The second kappa shape index (κ2) is 26.4. The van der Waals surface area contributed by atoms with Crippen molar-refractivity contribution >= 4 is 247 Å². The van der Waals surface area contributed by atoms with E-state index in [0.717, 1.165) is 120 Å². The third-order valence-electron chi connectivity index (χ3n) is 29.5. The van der Waals surface area contributed by atoms with Crippen LogP contribution in [0.1, 0.15) is 0 Å². The maximum absolute atomic E-state index is 18.9. The van der Waals surface area contributed by atoms with Crippen LogP contribution < -0.4 is 68.8 Å². The molecule has 626 valence electrons. The van der Waals surface area contributed by atoms with Gasteiger partial charge in [0.2, 0.25) is 0 Å². The molecule has 0 bridgehead atoms. The molecule has 30 rings (SSSR count). The van der Waals surface area contributed by atoms with Crippen LogP contribution in [0.15, 0.2) is 364 Å². The number of para-hydroxylation sites is 14. The van der Waals surface area contributed by atoms with Crippen LogP contribution >= 0.6 is 0 Å². The first kappa shape index (κ1) is 73.9. The molecule has 11 heterocycles. The molecule has 6 aliphatic heterocycles. The van der Waals surface area contributed by atoms with E-state index in [2.05, 4.69) is 127 Å². The van der Waals surface area contributed by atoms with Crippen LogP contribution in [0.4, 0.5) is 103 Å². The molecule has 0 N–H and O–H groups in total. The number of rotatable bonds is 7. The van der Waals surface area contributed by atoms with Gasteiger partial charge in [0.25, 0.3) is 20.1 Å². The second-order valence-electron chi connectivity index (χ2n) is 35.9. The van der Waals surface area contributed by atoms with Crippen LogP contribution in [0, 0.1) is 46.5 Å². The van der Waals surface area contributed by atoms with Crippen molar-refractivity contribution < 1.29 is 35.1 Å². The molecule has 9 nitrogen and oxygen atoms in total. The van der Waals surface area contributed by atoms with Gasteiger partial charge in [-0.05, 0) is 195 Å². The minimum atomic E-state index is -1.17. The van der Waals surface area contributed by atoms with E-state index in [4.69, 9.17) is 0 Å². The Hall–Kier alpha value is -17.0. The van der Waals surface area contributed by atoms with Gasteiger partial charge < -0.3 is 42.4 Å². The highest BCUT2D eigenvalue weighted by molar-refractivity contribution is 7.05. The molecule has 20 heteroatoms. The number of hydrogen-bond donors (Lipinski definition) is 0. The number of nitrogens with zero attached hydrogens (tertiary/aromatic N) is 9. The molecular formula is C114H60B3F8N9. The van der Waals surface area contributed by atoms with Crippen molar-refractivity contribution in [2.75, 3.05) is 19.6 Å². The molecule has 0 amide bonds. The molecule has 0 atom stereocenters. The van der Waals surface area contributed by atoms with E-state index < -0.39 is 89.4 Å². The van der Waals surface area contributed by atoms with Gasteiger partial charge in [0, 0.05) is 122 Å². The third-order valence-corrected chi connectivity index (χ3v) is 29.5. The lowest BCUT2D eigenvalue weighted by molar-refractivity contribution is 0.585. The SMILES string of the molecule is Fc1cccc(F)c1N1c2cc3c(cc2B2c4cc5c(cc4N(c4c(F)cccc4F)c4cc(-n6c7ccccc7c7ccccc76)cc1c42)N(c1c(F)cccc1F)c1cc(-n2c4ccccc4c4ccccc42)cc2c1B5c1cccc4c5ccccc5n-2c14)B1c2c(cc(-n4c5ccccc5c5ccccc54)cc2-n2c4ccccc4c4cccc1c42)N3c1c(F)cccc1F. The van der Waals surface area contributed by atoms with Crippen molar-refractivity contribution in [1.82, 2.24) is 22.8 Å². The standard InChI is InChI=1S/C114H60B3F8N9/c118-80-35-19-36-81(119)111(80)131-96-59-98-78(57-76(96)115-74-33-17-31-72-70-29-7-15-49-94(70)129(109(72)74)100-51-61(53-102(131)106(100)115)126-88-43-9-1-23-64(88)65-24-2-10-44-89(65)126)117-79-58-77-97(60-99(79)134(114-86(124)41-22-42-87(114)125)105-56-63(55-104(108(105)117)133(98)113-84(122)39-21-40-85(113)123)128-92-47-13-5-27-68(92)69-28-6-14-48-93(69)128)132(112-82(120)37-20-38-83(112)121)103-54-62(127-90-45-11-3-25-66(90)67-26-4-12-46-91(67)127)52-101-107(103)116(77)75-34-18-32-73-71-30-8-16-50-95(71)130(101)110(73)75/h1-60H. The van der Waals surface area contributed by atoms with Crippen LogP contribution in [0.5, 0.6) is 0 Å². The van der Waals surface area contributed by atoms with Gasteiger partial charge in [0.05, 0.1) is 61.2 Å². The van der Waals surface area contributed by atoms with Gasteiger partial charge in [-0.3, -0.25) is 0 Å². The summed E-state index contributed by atoms with van der Waals surface area (Å²) in [5.74, 6) is -7.56. The molecule has 0 radical (unpaired) electrons. The summed E-state index contributed by atoms with van der Waals surface area (Å²) in [5, 5.41) is 9.41. The van der Waals surface area contributed by atoms with Gasteiger partial charge in [-0.1, -0.05) is 218 Å². The van der Waals surface area contributed by atoms with E-state index in [9.17, 15) is 0 Å². The number of benzene rings is 19. The van der Waals surface area contributed by atoms with Crippen molar-refractivity contribution in [3.63, 3.8) is 0 Å². The Labute approximate surface area is 758 Å². The molecule has 6 aliphatic rings. The topological polar surface area (TPSA) is 37.6 Å². The Morgan fingerprint density at radius 1 is 0.157 bits per heavy atom. The quantitative estimate of drug-likeness (QED) is 0.118. The highest BCUT2D eigenvalue weighted by atomic mass is 19.2. The first-order chi connectivity index (χ1) is 65.9. The van der Waals surface area contributed by atoms with Crippen LogP contribution in [0.25, 0.3) is 137 Å². The predicted octanol–water partition coefficient (Wildman–Crippen LogP) is 23.6. The van der Waals surface area contributed by atoms with Gasteiger partial charge >= 0.3 is 0 Å². The smallest absolute Gasteiger partial charge is 0.252 e. The fourth-order valence-corrected chi connectivity index (χ4v) is 24.5. The molecule has 0 aliphatic carbocycles. The average molecular weight is 1740 g/mol. The Kier molecular flexibility index (Phi) is 14.6. The molecular weight excluding hydrogens is 1680 g/mol. The number of halogens is 8. The normalized spacial score (nSPS) is 13.6. The summed E-state index contributed by atoms with van der Waals surface area (Å²) in [7, 11) is 0. The summed E-state index contributed by atoms with van der Waals surface area (Å²) in [6, 6.07) is 112. The van der Waals surface area contributed by atoms with Gasteiger partial charge in [-0.2, -0.15) is 0 Å². The second-order valence-corrected chi connectivity index (χ2v) is 35.9. The van der Waals surface area contributed by atoms with Crippen molar-refractivity contribution in [3.05, 3.63) is 411 Å². The first-order valence-corrected chi connectivity index (χ1v) is 44.8. The van der Waals surface area contributed by atoms with Gasteiger partial charge in [-0.25, -0.2) is 35.1 Å². The molecule has 134 heavy (non-hydrogen) atoms. The third kappa shape index (κ3) is 9.39. The number of hydrogen-bond acceptors (Lipinski definition) is 4. The van der Waals surface area contributed by atoms with Gasteiger partial charge in [-0.15, -0.1) is 0 Å². The number of anilines is 12. The summed E-state index contributed by atoms with van der Waals surface area (Å²) < 4.78 is 161. The first-order valence-electron chi connectivity index (χ1n) is 44.8. The molecule has 0 saturated heterocycles. The highest BCUT2D eigenvalue weighted by Crippen LogP contribution is 2.55. The maximum atomic E-state index is 18.9. The van der Waals surface area contributed by atoms with Crippen LogP contribution in [0.3, 0.4) is 0 Å². The van der Waals surface area contributed by atoms with E-state index >= 15 is 35.1 Å². The van der Waals surface area contributed by atoms with Crippen molar-refractivity contribution in [3.8, 4) is 28.4 Å². The summed E-state index contributed by atoms with van der Waals surface area (Å²) in [4.78, 5) is 6.42. The van der Waals surface area contributed by atoms with Crippen LogP contribution in [0.2, 0.25) is 0 Å². The largest absolute Gasteiger partial charge is 0.310 e. The van der Waals surface area contributed by atoms with E-state index in [1.165, 1.54) is 72.8 Å². The highest BCUT2D eigenvalue weighted by Gasteiger charge is 2.53. The Balaban J connectivity index is 0.785. The summed E-state index contributed by atoms with van der Waals surface area (Å²) in [5.41, 5.74) is 17.1. The Morgan fingerprint density at radius 3 is 0.604 bits per heavy atom. The molecule has 0 spiro atoms. The number of fused-ring (bicyclic) bond motifs is 27. The van der Waals surface area contributed by atoms with Gasteiger partial charge in [0.15, 0.2) is 0 Å². The Morgan fingerprint density at radius 2 is 0.351 bits per heavy atom. The lowest BCUT2D eigenvalue weighted by atomic mass is 9.29. The molecule has 5 aromatic heterocycles. The van der Waals surface area contributed by atoms with E-state index in [1.54, 1.807) is 19.6 Å². The maximum Gasteiger partial charge on any atom is 0.252 e. The fourth-order valence-electron chi connectivity index (χ4n) is 24.5. The summed E-state index contributed by atoms with van der Waals surface area (Å²) >= 11 is 0. The number of aromatic nitrogens is 5. The lowest BCUT2D eigenvalue weighted by Crippen LogP contribution is -2.66. The lowest BCUT2D eigenvalue weighted by Gasteiger charge is -2.47. The van der Waals surface area contributed by atoms with Crippen LogP contribution in [-0.4, -0.2) is 43.0 Å². The monoisotopic (exact) mass is 1740 g/mol. The minimum Gasteiger partial charge on any atom is -0.310 e. The molecule has 0 saturated carbocycles. The van der Waals surface area contributed by atoms with Gasteiger partial charge in [0.1, 0.15) is 69.3 Å². The zero-order chi connectivity index (χ0) is 88.5. The Bertz CT molecular complexity index is 8860. The van der Waals surface area contributed by atoms with Crippen molar-refractivity contribution in [1.29, 1.82) is 0 Å². The zero-order valence-electron chi connectivity index (χ0n) is 70.4.